The predicted octanol–water partition coefficient (Wildman–Crippen LogP) is 2.48. The van der Waals surface area contributed by atoms with Crippen LogP contribution in [-0.4, -0.2) is 64.6 Å². The molecule has 3 atom stereocenters. The van der Waals surface area contributed by atoms with Crippen molar-refractivity contribution < 1.29 is 14.7 Å². The van der Waals surface area contributed by atoms with E-state index in [0.717, 1.165) is 44.7 Å². The van der Waals surface area contributed by atoms with Crippen LogP contribution in [0.3, 0.4) is 0 Å². The zero-order valence-corrected chi connectivity index (χ0v) is 16.3. The minimum atomic E-state index is -0.998. The average Bonchev–Trinajstić information content (AvgIpc) is 3.30. The summed E-state index contributed by atoms with van der Waals surface area (Å²) >= 11 is 0. The summed E-state index contributed by atoms with van der Waals surface area (Å²) in [6.07, 6.45) is 3.03. The van der Waals surface area contributed by atoms with Gasteiger partial charge in [-0.15, -0.1) is 0 Å². The highest BCUT2D eigenvalue weighted by molar-refractivity contribution is 5.94. The number of hydrogen-bond acceptors (Lipinski definition) is 4. The van der Waals surface area contributed by atoms with Gasteiger partial charge in [-0.2, -0.15) is 0 Å². The van der Waals surface area contributed by atoms with Gasteiger partial charge >= 0.3 is 6.09 Å². The first-order valence-corrected chi connectivity index (χ1v) is 10.1. The first-order valence-electron chi connectivity index (χ1n) is 10.1. The molecule has 4 rings (SSSR count). The van der Waals surface area contributed by atoms with Crippen molar-refractivity contribution in [1.29, 1.82) is 0 Å². The largest absolute Gasteiger partial charge is 0.465 e. The minimum absolute atomic E-state index is 0.0637. The van der Waals surface area contributed by atoms with Gasteiger partial charge in [0.2, 0.25) is 0 Å². The Bertz CT molecular complexity index is 832. The van der Waals surface area contributed by atoms with Gasteiger partial charge in [-0.1, -0.05) is 30.3 Å². The van der Waals surface area contributed by atoms with E-state index < -0.39 is 6.09 Å². The lowest BCUT2D eigenvalue weighted by Crippen LogP contribution is -2.35. The summed E-state index contributed by atoms with van der Waals surface area (Å²) in [6, 6.07) is 13.1. The molecule has 2 saturated heterocycles. The minimum Gasteiger partial charge on any atom is -0.465 e. The van der Waals surface area contributed by atoms with Crippen LogP contribution in [-0.2, 0) is 0 Å². The Kier molecular flexibility index (Phi) is 5.76. The van der Waals surface area contributed by atoms with Crippen LogP contribution in [0.15, 0.2) is 54.9 Å². The van der Waals surface area contributed by atoms with Crippen molar-refractivity contribution in [3.05, 3.63) is 66.0 Å². The molecule has 7 heteroatoms. The van der Waals surface area contributed by atoms with Crippen LogP contribution in [0.4, 0.5) is 4.79 Å². The van der Waals surface area contributed by atoms with Crippen molar-refractivity contribution in [3.63, 3.8) is 0 Å². The van der Waals surface area contributed by atoms with Gasteiger partial charge in [0.15, 0.2) is 0 Å². The van der Waals surface area contributed by atoms with E-state index in [1.54, 1.807) is 18.5 Å². The summed E-state index contributed by atoms with van der Waals surface area (Å²) in [6.45, 7) is 4.31. The van der Waals surface area contributed by atoms with Crippen molar-refractivity contribution in [1.82, 2.24) is 20.1 Å². The van der Waals surface area contributed by atoms with E-state index in [-0.39, 0.29) is 11.9 Å². The van der Waals surface area contributed by atoms with Crippen LogP contribution in [0.5, 0.6) is 0 Å². The van der Waals surface area contributed by atoms with Gasteiger partial charge < -0.3 is 20.2 Å². The van der Waals surface area contributed by atoms with E-state index >= 15 is 0 Å². The number of amides is 2. The summed E-state index contributed by atoms with van der Waals surface area (Å²) in [5.74, 6) is 1.03. The molecule has 0 aliphatic carbocycles. The number of fused-ring (bicyclic) bond motifs is 1. The van der Waals surface area contributed by atoms with Gasteiger partial charge in [-0.3, -0.25) is 9.78 Å². The zero-order valence-electron chi connectivity index (χ0n) is 16.3. The van der Waals surface area contributed by atoms with Gasteiger partial charge in [0.25, 0.3) is 5.91 Å². The fourth-order valence-corrected chi connectivity index (χ4v) is 4.58. The van der Waals surface area contributed by atoms with Crippen molar-refractivity contribution in [3.8, 4) is 0 Å². The number of hydrogen-bond donors (Lipinski definition) is 2. The molecular formula is C22H26N4O3. The van der Waals surface area contributed by atoms with Gasteiger partial charge in [-0.05, 0) is 36.0 Å². The third-order valence-electron chi connectivity index (χ3n) is 5.99. The highest BCUT2D eigenvalue weighted by Gasteiger charge is 2.41. The maximum Gasteiger partial charge on any atom is 0.405 e. The van der Waals surface area contributed by atoms with E-state index in [0.29, 0.717) is 17.4 Å². The van der Waals surface area contributed by atoms with Gasteiger partial charge in [0.05, 0.1) is 11.6 Å². The Labute approximate surface area is 170 Å². The molecule has 0 saturated carbocycles. The highest BCUT2D eigenvalue weighted by Crippen LogP contribution is 2.32. The third kappa shape index (κ3) is 4.56. The van der Waals surface area contributed by atoms with Gasteiger partial charge in [0.1, 0.15) is 0 Å². The lowest BCUT2D eigenvalue weighted by molar-refractivity contribution is 0.0773. The second-order valence-electron chi connectivity index (χ2n) is 7.93. The fourth-order valence-electron chi connectivity index (χ4n) is 4.58. The second kappa shape index (κ2) is 8.61. The summed E-state index contributed by atoms with van der Waals surface area (Å²) in [5, 5.41) is 11.8. The van der Waals surface area contributed by atoms with E-state index in [4.69, 9.17) is 0 Å². The number of carboxylic acid groups (broad SMARTS) is 1. The van der Waals surface area contributed by atoms with E-state index in [9.17, 15) is 14.7 Å². The number of likely N-dealkylation sites (tertiary alicyclic amines) is 2. The summed E-state index contributed by atoms with van der Waals surface area (Å²) < 4.78 is 0. The molecule has 0 spiro atoms. The number of carbonyl (C=O) groups is 2. The second-order valence-corrected chi connectivity index (χ2v) is 7.93. The first-order chi connectivity index (χ1) is 14.1. The molecule has 2 unspecified atom stereocenters. The maximum atomic E-state index is 12.6. The van der Waals surface area contributed by atoms with Crippen LogP contribution in [0.25, 0.3) is 0 Å². The molecule has 152 valence electrons. The molecule has 29 heavy (non-hydrogen) atoms. The molecule has 0 bridgehead atoms. The molecule has 2 aliphatic rings. The monoisotopic (exact) mass is 394 g/mol. The predicted molar refractivity (Wildman–Crippen MR) is 109 cm³/mol. The average molecular weight is 394 g/mol. The van der Waals surface area contributed by atoms with Crippen LogP contribution in [0.2, 0.25) is 0 Å². The molecule has 0 radical (unpaired) electrons. The topological polar surface area (TPSA) is 85.8 Å². The molecule has 2 aliphatic heterocycles. The number of carbonyl (C=O) groups excluding carboxylic acids is 1. The smallest absolute Gasteiger partial charge is 0.405 e. The third-order valence-corrected chi connectivity index (χ3v) is 5.99. The lowest BCUT2D eigenvalue weighted by atomic mass is 10.0. The number of aromatic nitrogens is 1. The van der Waals surface area contributed by atoms with Crippen LogP contribution in [0.1, 0.15) is 28.4 Å². The summed E-state index contributed by atoms with van der Waals surface area (Å²) in [4.78, 5) is 32.2. The van der Waals surface area contributed by atoms with Crippen LogP contribution >= 0.6 is 0 Å². The number of nitrogens with zero attached hydrogens (tertiary/aromatic N) is 3. The van der Waals surface area contributed by atoms with E-state index in [1.165, 1.54) is 0 Å². The van der Waals surface area contributed by atoms with Crippen molar-refractivity contribution in [2.75, 3.05) is 32.7 Å². The molecule has 2 amide bonds. The molecule has 2 N–H and O–H groups in total. The van der Waals surface area contributed by atoms with E-state index in [1.807, 2.05) is 41.3 Å². The number of rotatable bonds is 6. The molecule has 7 nitrogen and oxygen atoms in total. The Morgan fingerprint density at radius 2 is 1.79 bits per heavy atom. The molecule has 2 fully saturated rings. The molecular weight excluding hydrogens is 368 g/mol. The summed E-state index contributed by atoms with van der Waals surface area (Å²) in [7, 11) is 0. The standard InChI is InChI=1S/C22H26N4O3/c27-21(17-7-4-9-23-11-17)26-14-18-12-25(13-19(18)15-26)10-8-20(24-22(28)29)16-5-2-1-3-6-16/h1-7,9,11,18-20,24H,8,10,12-15H2,(H,28,29)/t18-,19?,20?/m0/s1. The Hall–Kier alpha value is -2.93. The highest BCUT2D eigenvalue weighted by atomic mass is 16.4. The molecule has 3 heterocycles. The normalized spacial score (nSPS) is 22.3. The van der Waals surface area contributed by atoms with Crippen molar-refractivity contribution in [2.24, 2.45) is 11.8 Å². The van der Waals surface area contributed by atoms with Crippen molar-refractivity contribution >= 4 is 12.0 Å². The van der Waals surface area contributed by atoms with E-state index in [2.05, 4.69) is 15.2 Å². The Morgan fingerprint density at radius 1 is 1.07 bits per heavy atom. The van der Waals surface area contributed by atoms with Crippen LogP contribution in [0, 0.1) is 11.8 Å². The maximum absolute atomic E-state index is 12.6. The number of pyridine rings is 1. The Morgan fingerprint density at radius 3 is 2.41 bits per heavy atom. The lowest BCUT2D eigenvalue weighted by Gasteiger charge is -2.24. The first kappa shape index (κ1) is 19.4. The Balaban J connectivity index is 1.30. The summed E-state index contributed by atoms with van der Waals surface area (Å²) in [5.41, 5.74) is 1.64. The van der Waals surface area contributed by atoms with Crippen molar-refractivity contribution in [2.45, 2.75) is 12.5 Å². The molecule has 1 aromatic carbocycles. The van der Waals surface area contributed by atoms with Crippen LogP contribution < -0.4 is 5.32 Å². The zero-order chi connectivity index (χ0) is 20.2. The van der Waals surface area contributed by atoms with Gasteiger partial charge in [-0.25, -0.2) is 4.79 Å². The molecule has 1 aromatic heterocycles. The van der Waals surface area contributed by atoms with Gasteiger partial charge in [0, 0.05) is 45.1 Å². The number of nitrogens with one attached hydrogen (secondary N) is 1. The fraction of sp³-hybridized carbons (Fsp3) is 0.409. The quantitative estimate of drug-likeness (QED) is 0.786. The number of benzene rings is 1. The molecule has 2 aromatic rings. The SMILES string of the molecule is O=C(O)NC(CCN1CC2CN(C(=O)c3cccnc3)C[C@@H]2C1)c1ccccc1.